The molecule has 6 aromatic carbocycles. The predicted molar refractivity (Wildman–Crippen MR) is 336 cm³/mol. The van der Waals surface area contributed by atoms with E-state index >= 15 is 0 Å². The van der Waals surface area contributed by atoms with Crippen LogP contribution < -0.4 is 11.5 Å². The zero-order chi connectivity index (χ0) is 63.1. The van der Waals surface area contributed by atoms with E-state index in [9.17, 15) is 40.5 Å². The molecule has 0 spiro atoms. The second kappa shape index (κ2) is 28.1. The summed E-state index contributed by atoms with van der Waals surface area (Å²) in [4.78, 5) is 42.3. The molecule has 0 aromatic heterocycles. The molecule has 6 rings (SSSR count). The second-order valence-electron chi connectivity index (χ2n) is 22.0. The third kappa shape index (κ3) is 14.7. The topological polar surface area (TPSA) is 225 Å². The maximum absolute atomic E-state index is 10.9. The molecule has 0 aliphatic carbocycles. The Kier molecular flexibility index (Phi) is 24.8. The van der Waals surface area contributed by atoms with Crippen LogP contribution in [0.25, 0.3) is 0 Å². The number of hydrogen-bond acceptors (Lipinski definition) is 10. The highest BCUT2D eigenvalue weighted by Gasteiger charge is 2.24. The Balaban J connectivity index is 0.000000481. The van der Waals surface area contributed by atoms with Crippen molar-refractivity contribution in [2.75, 3.05) is 11.5 Å². The molecular formula is C66H94N6O8. The molecule has 14 heteroatoms. The van der Waals surface area contributed by atoms with Gasteiger partial charge in [0.1, 0.15) is 0 Å². The van der Waals surface area contributed by atoms with Gasteiger partial charge in [-0.2, -0.15) is 0 Å². The monoisotopic (exact) mass is 1100 g/mol. The molecule has 0 fully saturated rings. The normalized spacial score (nSPS) is 10.4. The molecule has 436 valence electrons. The van der Waals surface area contributed by atoms with Gasteiger partial charge in [0.15, 0.2) is 0 Å². The van der Waals surface area contributed by atoms with Crippen molar-refractivity contribution in [1.82, 2.24) is 0 Å². The molecule has 0 unspecified atom stereocenters. The van der Waals surface area contributed by atoms with Crippen LogP contribution in [-0.4, -0.2) is 19.7 Å². The first kappa shape index (κ1) is 70.5. The van der Waals surface area contributed by atoms with Crippen molar-refractivity contribution in [3.05, 3.63) is 207 Å². The van der Waals surface area contributed by atoms with Crippen molar-refractivity contribution in [3.63, 3.8) is 0 Å². The largest absolute Gasteiger partial charge is 0.398 e. The van der Waals surface area contributed by atoms with Crippen LogP contribution in [0.3, 0.4) is 0 Å². The average Bonchev–Trinajstić information content (AvgIpc) is 3.40. The number of nitrogen functional groups attached to an aromatic ring is 2. The van der Waals surface area contributed by atoms with Crippen LogP contribution in [-0.2, 0) is 0 Å². The minimum Gasteiger partial charge on any atom is -0.398 e. The van der Waals surface area contributed by atoms with E-state index in [4.69, 9.17) is 11.5 Å². The summed E-state index contributed by atoms with van der Waals surface area (Å²) in [6.45, 7) is 59.2. The molecule has 4 N–H and O–H groups in total. The van der Waals surface area contributed by atoms with Crippen LogP contribution in [0.2, 0.25) is 0 Å². The summed E-state index contributed by atoms with van der Waals surface area (Å²) in [5.74, 6) is 0. The molecular weight excluding hydrogens is 1000 g/mol. The van der Waals surface area contributed by atoms with Crippen molar-refractivity contribution in [3.8, 4) is 0 Å². The Labute approximate surface area is 478 Å². The average molecular weight is 1100 g/mol. The van der Waals surface area contributed by atoms with E-state index in [0.717, 1.165) is 123 Å². The van der Waals surface area contributed by atoms with Crippen LogP contribution in [0.5, 0.6) is 0 Å². The Hall–Kier alpha value is -7.48. The van der Waals surface area contributed by atoms with E-state index in [1.54, 1.807) is 0 Å². The van der Waals surface area contributed by atoms with E-state index in [1.165, 1.54) is 55.6 Å². The molecule has 0 heterocycles. The van der Waals surface area contributed by atoms with Gasteiger partial charge in [-0.05, 0) is 330 Å². The van der Waals surface area contributed by atoms with Crippen LogP contribution >= 0.6 is 0 Å². The predicted octanol–water partition coefficient (Wildman–Crippen LogP) is 18.2. The number of anilines is 2. The molecule has 14 nitrogen and oxygen atoms in total. The first-order valence-corrected chi connectivity index (χ1v) is 26.9. The van der Waals surface area contributed by atoms with Gasteiger partial charge >= 0.3 is 0 Å². The fourth-order valence-electron chi connectivity index (χ4n) is 10.1. The summed E-state index contributed by atoms with van der Waals surface area (Å²) in [6.07, 6.45) is 0. The smallest absolute Gasteiger partial charge is 0.275 e. The SMILES string of the molecule is Cc1c(C)c(C)c(N)c(C)c1C.Cc1c(C)c(C)c(N)c(C)c1C.Cc1c(C)c(C)c([N+](=O)[O-])c(C)c1C.Cc1c(C)c(C)c([N+](=O)[O-])c(C)c1C.Cc1c(C)c(C)c([N+](=O)[O-])c(C)c1C.Cc1c(C)c(C)c([N+](=O)[O-])c(C)c1C. The van der Waals surface area contributed by atoms with Crippen molar-refractivity contribution in [2.24, 2.45) is 0 Å². The van der Waals surface area contributed by atoms with E-state index in [1.807, 2.05) is 138 Å². The van der Waals surface area contributed by atoms with Gasteiger partial charge in [-0.3, -0.25) is 40.5 Å². The number of nitrogens with zero attached hydrogens (tertiary/aromatic N) is 4. The lowest BCUT2D eigenvalue weighted by Crippen LogP contribution is -2.02. The highest BCUT2D eigenvalue weighted by molar-refractivity contribution is 5.64. The number of nitrogens with two attached hydrogens (primary N) is 2. The van der Waals surface area contributed by atoms with E-state index in [0.29, 0.717) is 0 Å². The fraction of sp³-hybridized carbons (Fsp3) is 0.455. The van der Waals surface area contributed by atoms with Crippen molar-refractivity contribution in [2.45, 2.75) is 208 Å². The van der Waals surface area contributed by atoms with Gasteiger partial charge in [0, 0.05) is 55.9 Å². The maximum atomic E-state index is 10.9. The zero-order valence-electron chi connectivity index (χ0n) is 54.2. The van der Waals surface area contributed by atoms with Gasteiger partial charge in [-0.1, -0.05) is 0 Å². The fourth-order valence-corrected chi connectivity index (χ4v) is 10.1. The Morgan fingerprint density at radius 3 is 0.338 bits per heavy atom. The number of nitro benzene ring substituents is 4. The van der Waals surface area contributed by atoms with Gasteiger partial charge in [0.25, 0.3) is 22.7 Å². The standard InChI is InChI=1S/4C11H15NO2.2C11H17N/c4*1-6-7(2)9(4)11(12(13)14)10(5)8(6)3;2*1-6-7(2)9(4)11(12)10(5)8(6)3/h4*1-5H3;2*12H2,1-5H3. The number of hydrogen-bond donors (Lipinski definition) is 2. The minimum absolute atomic E-state index is 0.269. The highest BCUT2D eigenvalue weighted by Crippen LogP contribution is 2.35. The van der Waals surface area contributed by atoms with E-state index in [2.05, 4.69) is 69.2 Å². The molecule has 0 bridgehead atoms. The van der Waals surface area contributed by atoms with Gasteiger partial charge in [0.2, 0.25) is 0 Å². The zero-order valence-corrected chi connectivity index (χ0v) is 54.2. The summed E-state index contributed by atoms with van der Waals surface area (Å²) < 4.78 is 0. The van der Waals surface area contributed by atoms with Crippen LogP contribution in [0.15, 0.2) is 0 Å². The second-order valence-corrected chi connectivity index (χ2v) is 22.0. The molecule has 0 radical (unpaired) electrons. The van der Waals surface area contributed by atoms with Gasteiger partial charge in [0.05, 0.1) is 19.7 Å². The minimum atomic E-state index is -0.288. The van der Waals surface area contributed by atoms with Crippen LogP contribution in [0.1, 0.15) is 167 Å². The first-order chi connectivity index (χ1) is 36.4. The molecule has 80 heavy (non-hydrogen) atoms. The van der Waals surface area contributed by atoms with Gasteiger partial charge in [-0.25, -0.2) is 0 Å². The number of rotatable bonds is 4. The third-order valence-corrected chi connectivity index (χ3v) is 18.7. The van der Waals surface area contributed by atoms with Crippen LogP contribution in [0.4, 0.5) is 34.1 Å². The summed E-state index contributed by atoms with van der Waals surface area (Å²) in [5.41, 5.74) is 47.0. The quantitative estimate of drug-likeness (QED) is 0.0964. The molecule has 6 aromatic rings. The Morgan fingerprint density at radius 1 is 0.175 bits per heavy atom. The molecule has 0 aliphatic rings. The summed E-state index contributed by atoms with van der Waals surface area (Å²) in [7, 11) is 0. The maximum Gasteiger partial charge on any atom is 0.275 e. The molecule has 0 amide bonds. The molecule has 0 saturated carbocycles. The summed E-state index contributed by atoms with van der Waals surface area (Å²) in [6, 6.07) is 0. The number of benzene rings is 6. The lowest BCUT2D eigenvalue weighted by molar-refractivity contribution is -0.386. The summed E-state index contributed by atoms with van der Waals surface area (Å²) >= 11 is 0. The Bertz CT molecular complexity index is 2740. The first-order valence-electron chi connectivity index (χ1n) is 26.9. The third-order valence-electron chi connectivity index (χ3n) is 18.7. The van der Waals surface area contributed by atoms with Crippen LogP contribution in [0, 0.1) is 248 Å². The highest BCUT2D eigenvalue weighted by atomic mass is 16.6. The van der Waals surface area contributed by atoms with E-state index in [-0.39, 0.29) is 42.4 Å². The van der Waals surface area contributed by atoms with Crippen molar-refractivity contribution < 1.29 is 19.7 Å². The lowest BCUT2D eigenvalue weighted by atomic mass is 9.93. The molecule has 0 aliphatic heterocycles. The van der Waals surface area contributed by atoms with Gasteiger partial charge < -0.3 is 11.5 Å². The lowest BCUT2D eigenvalue weighted by Gasteiger charge is -2.15. The van der Waals surface area contributed by atoms with E-state index < -0.39 is 0 Å². The Morgan fingerprint density at radius 2 is 0.250 bits per heavy atom. The molecule has 0 saturated heterocycles. The number of nitro groups is 4. The molecule has 0 atom stereocenters. The van der Waals surface area contributed by atoms with Gasteiger partial charge in [-0.15, -0.1) is 0 Å². The van der Waals surface area contributed by atoms with Crippen molar-refractivity contribution >= 4 is 34.1 Å². The van der Waals surface area contributed by atoms with Crippen molar-refractivity contribution in [1.29, 1.82) is 0 Å². The summed E-state index contributed by atoms with van der Waals surface area (Å²) in [5, 5.41) is 43.5.